The Balaban J connectivity index is 2.29. The van der Waals surface area contributed by atoms with Crippen LogP contribution in [-0.2, 0) is 0 Å². The van der Waals surface area contributed by atoms with E-state index in [0.29, 0.717) is 31.1 Å². The van der Waals surface area contributed by atoms with Crippen molar-refractivity contribution in [2.45, 2.75) is 32.8 Å². The SMILES string of the molecule is CCCOc1cccc(N2CCC(C(C)O)C2)c1[N+](=O)[O-]. The number of ether oxygens (including phenoxy) is 1. The maximum atomic E-state index is 11.4. The lowest BCUT2D eigenvalue weighted by Crippen LogP contribution is -2.24. The van der Waals surface area contributed by atoms with Crippen LogP contribution in [-0.4, -0.2) is 35.8 Å². The van der Waals surface area contributed by atoms with Crippen LogP contribution >= 0.6 is 0 Å². The monoisotopic (exact) mass is 294 g/mol. The second-order valence-electron chi connectivity index (χ2n) is 5.46. The summed E-state index contributed by atoms with van der Waals surface area (Å²) < 4.78 is 5.50. The summed E-state index contributed by atoms with van der Waals surface area (Å²) in [5.41, 5.74) is 0.606. The Morgan fingerprint density at radius 1 is 1.57 bits per heavy atom. The molecule has 6 nitrogen and oxygen atoms in total. The number of nitrogens with zero attached hydrogens (tertiary/aromatic N) is 2. The van der Waals surface area contributed by atoms with Gasteiger partial charge in [0.05, 0.1) is 17.6 Å². The molecule has 1 saturated heterocycles. The second-order valence-corrected chi connectivity index (χ2v) is 5.46. The zero-order valence-electron chi connectivity index (χ0n) is 12.5. The van der Waals surface area contributed by atoms with Crippen LogP contribution in [0.1, 0.15) is 26.7 Å². The molecule has 0 amide bonds. The molecule has 1 aromatic carbocycles. The van der Waals surface area contributed by atoms with Crippen LogP contribution in [0.3, 0.4) is 0 Å². The van der Waals surface area contributed by atoms with Gasteiger partial charge in [0.15, 0.2) is 5.75 Å². The fourth-order valence-electron chi connectivity index (χ4n) is 2.68. The summed E-state index contributed by atoms with van der Waals surface area (Å²) in [4.78, 5) is 13.0. The molecule has 1 heterocycles. The fourth-order valence-corrected chi connectivity index (χ4v) is 2.68. The average molecular weight is 294 g/mol. The molecule has 1 aliphatic heterocycles. The number of nitro benzene ring substituents is 1. The van der Waals surface area contributed by atoms with Gasteiger partial charge in [-0.1, -0.05) is 13.0 Å². The molecule has 2 unspecified atom stereocenters. The highest BCUT2D eigenvalue weighted by atomic mass is 16.6. The highest BCUT2D eigenvalue weighted by Gasteiger charge is 2.31. The molecule has 116 valence electrons. The minimum Gasteiger partial charge on any atom is -0.487 e. The van der Waals surface area contributed by atoms with Crippen molar-refractivity contribution >= 4 is 11.4 Å². The summed E-state index contributed by atoms with van der Waals surface area (Å²) in [5, 5.41) is 21.1. The number of rotatable bonds is 6. The summed E-state index contributed by atoms with van der Waals surface area (Å²) in [6.45, 7) is 5.54. The van der Waals surface area contributed by atoms with Gasteiger partial charge < -0.3 is 14.7 Å². The van der Waals surface area contributed by atoms with Gasteiger partial charge in [-0.25, -0.2) is 0 Å². The molecule has 1 aliphatic rings. The third kappa shape index (κ3) is 3.44. The number of para-hydroxylation sites is 1. The molecule has 0 radical (unpaired) electrons. The number of anilines is 1. The van der Waals surface area contributed by atoms with Crippen molar-refractivity contribution < 1.29 is 14.8 Å². The third-order valence-corrected chi connectivity index (χ3v) is 3.87. The predicted molar refractivity (Wildman–Crippen MR) is 80.9 cm³/mol. The average Bonchev–Trinajstić information content (AvgIpc) is 2.94. The van der Waals surface area contributed by atoms with E-state index in [1.165, 1.54) is 0 Å². The van der Waals surface area contributed by atoms with Crippen molar-refractivity contribution in [2.75, 3.05) is 24.6 Å². The molecule has 0 saturated carbocycles. The molecule has 6 heteroatoms. The summed E-state index contributed by atoms with van der Waals surface area (Å²) in [7, 11) is 0. The maximum absolute atomic E-state index is 11.4. The van der Waals surface area contributed by atoms with Crippen molar-refractivity contribution in [3.8, 4) is 5.75 Å². The van der Waals surface area contributed by atoms with Crippen LogP contribution in [0.15, 0.2) is 18.2 Å². The van der Waals surface area contributed by atoms with E-state index >= 15 is 0 Å². The van der Waals surface area contributed by atoms with Crippen molar-refractivity contribution in [3.05, 3.63) is 28.3 Å². The van der Waals surface area contributed by atoms with Crippen molar-refractivity contribution in [3.63, 3.8) is 0 Å². The predicted octanol–water partition coefficient (Wildman–Crippen LogP) is 2.59. The first-order valence-electron chi connectivity index (χ1n) is 7.37. The smallest absolute Gasteiger partial charge is 0.333 e. The lowest BCUT2D eigenvalue weighted by molar-refractivity contribution is -0.385. The fraction of sp³-hybridized carbons (Fsp3) is 0.600. The molecule has 0 spiro atoms. The van der Waals surface area contributed by atoms with Crippen molar-refractivity contribution in [2.24, 2.45) is 5.92 Å². The van der Waals surface area contributed by atoms with Crippen LogP contribution in [0.25, 0.3) is 0 Å². The van der Waals surface area contributed by atoms with E-state index < -0.39 is 6.10 Å². The maximum Gasteiger partial charge on any atom is 0.333 e. The summed E-state index contributed by atoms with van der Waals surface area (Å²) in [5.74, 6) is 0.477. The van der Waals surface area contributed by atoms with Crippen molar-refractivity contribution in [1.29, 1.82) is 0 Å². The summed E-state index contributed by atoms with van der Waals surface area (Å²) >= 11 is 0. The van der Waals surface area contributed by atoms with Crippen LogP contribution in [0.5, 0.6) is 5.75 Å². The third-order valence-electron chi connectivity index (χ3n) is 3.87. The van der Waals surface area contributed by atoms with Gasteiger partial charge in [0, 0.05) is 19.0 Å². The van der Waals surface area contributed by atoms with E-state index in [1.54, 1.807) is 25.1 Å². The minimum absolute atomic E-state index is 0.0252. The molecule has 0 aromatic heterocycles. The van der Waals surface area contributed by atoms with E-state index in [1.807, 2.05) is 11.8 Å². The molecule has 2 atom stereocenters. The number of nitro groups is 1. The molecule has 21 heavy (non-hydrogen) atoms. The topological polar surface area (TPSA) is 75.8 Å². The van der Waals surface area contributed by atoms with E-state index in [-0.39, 0.29) is 16.5 Å². The standard InChI is InChI=1S/C15H22N2O4/c1-3-9-21-14-6-4-5-13(15(14)17(19)20)16-8-7-12(10-16)11(2)18/h4-6,11-12,18H,3,7-10H2,1-2H3. The van der Waals surface area contributed by atoms with E-state index in [2.05, 4.69) is 0 Å². The number of hydrogen-bond donors (Lipinski definition) is 1. The molecular formula is C15H22N2O4. The van der Waals surface area contributed by atoms with Gasteiger partial charge >= 0.3 is 5.69 Å². The Morgan fingerprint density at radius 2 is 2.33 bits per heavy atom. The Bertz CT molecular complexity index is 504. The Hall–Kier alpha value is -1.82. The summed E-state index contributed by atoms with van der Waals surface area (Å²) in [6.07, 6.45) is 1.25. The van der Waals surface area contributed by atoms with E-state index in [4.69, 9.17) is 4.74 Å². The minimum atomic E-state index is -0.395. The zero-order valence-corrected chi connectivity index (χ0v) is 12.5. The van der Waals surface area contributed by atoms with E-state index in [9.17, 15) is 15.2 Å². The van der Waals surface area contributed by atoms with Gasteiger partial charge in [0.1, 0.15) is 5.69 Å². The van der Waals surface area contributed by atoms with Gasteiger partial charge in [0.2, 0.25) is 0 Å². The number of aliphatic hydroxyl groups excluding tert-OH is 1. The van der Waals surface area contributed by atoms with Gasteiger partial charge in [-0.2, -0.15) is 0 Å². The number of benzene rings is 1. The molecule has 2 rings (SSSR count). The highest BCUT2D eigenvalue weighted by molar-refractivity contribution is 5.70. The molecule has 0 aliphatic carbocycles. The molecule has 1 fully saturated rings. The lowest BCUT2D eigenvalue weighted by Gasteiger charge is -2.20. The molecular weight excluding hydrogens is 272 g/mol. The molecule has 1 aromatic rings. The Morgan fingerprint density at radius 3 is 2.90 bits per heavy atom. The zero-order chi connectivity index (χ0) is 15.4. The summed E-state index contributed by atoms with van der Waals surface area (Å²) in [6, 6.07) is 5.17. The van der Waals surface area contributed by atoms with Crippen molar-refractivity contribution in [1.82, 2.24) is 0 Å². The Labute approximate surface area is 124 Å². The van der Waals surface area contributed by atoms with Gasteiger partial charge in [0.25, 0.3) is 0 Å². The van der Waals surface area contributed by atoms with Gasteiger partial charge in [-0.15, -0.1) is 0 Å². The Kier molecular flexibility index (Phi) is 5.01. The first-order chi connectivity index (χ1) is 10.0. The largest absolute Gasteiger partial charge is 0.487 e. The van der Waals surface area contributed by atoms with Crippen LogP contribution in [0.4, 0.5) is 11.4 Å². The number of hydrogen-bond acceptors (Lipinski definition) is 5. The second kappa shape index (κ2) is 6.76. The highest BCUT2D eigenvalue weighted by Crippen LogP contribution is 2.39. The molecule has 0 bridgehead atoms. The van der Waals surface area contributed by atoms with Crippen LogP contribution in [0, 0.1) is 16.0 Å². The first kappa shape index (κ1) is 15.6. The van der Waals surface area contributed by atoms with Gasteiger partial charge in [-0.05, 0) is 31.9 Å². The normalized spacial score (nSPS) is 19.6. The quantitative estimate of drug-likeness (QED) is 0.644. The molecule has 1 N–H and O–H groups in total. The van der Waals surface area contributed by atoms with Crippen LogP contribution in [0.2, 0.25) is 0 Å². The number of aliphatic hydroxyl groups is 1. The lowest BCUT2D eigenvalue weighted by atomic mass is 10.0. The first-order valence-corrected chi connectivity index (χ1v) is 7.37. The van der Waals surface area contributed by atoms with Crippen LogP contribution < -0.4 is 9.64 Å². The van der Waals surface area contributed by atoms with E-state index in [0.717, 1.165) is 12.8 Å². The van der Waals surface area contributed by atoms with Gasteiger partial charge in [-0.3, -0.25) is 10.1 Å².